The molecule has 1 unspecified atom stereocenters. The van der Waals surface area contributed by atoms with Crippen molar-refractivity contribution in [1.29, 1.82) is 0 Å². The zero-order chi connectivity index (χ0) is 18.7. The van der Waals surface area contributed by atoms with Crippen LogP contribution in [0.2, 0.25) is 0 Å². The lowest BCUT2D eigenvalue weighted by molar-refractivity contribution is -0.123. The lowest BCUT2D eigenvalue weighted by atomic mass is 10.1. The van der Waals surface area contributed by atoms with Gasteiger partial charge in [0.05, 0.1) is 5.56 Å². The van der Waals surface area contributed by atoms with Crippen LogP contribution in [0.5, 0.6) is 0 Å². The fourth-order valence-electron chi connectivity index (χ4n) is 2.62. The Morgan fingerprint density at radius 2 is 1.85 bits per heavy atom. The van der Waals surface area contributed by atoms with Crippen molar-refractivity contribution in [2.24, 2.45) is 0 Å². The van der Waals surface area contributed by atoms with Gasteiger partial charge >= 0.3 is 5.97 Å². The molecule has 1 heterocycles. The van der Waals surface area contributed by atoms with Gasteiger partial charge in [-0.05, 0) is 37.6 Å². The molecule has 2 aromatic carbocycles. The van der Waals surface area contributed by atoms with Gasteiger partial charge in [-0.25, -0.2) is 4.79 Å². The third kappa shape index (κ3) is 3.80. The highest BCUT2D eigenvalue weighted by Crippen LogP contribution is 2.17. The summed E-state index contributed by atoms with van der Waals surface area (Å²) in [6, 6.07) is 15.4. The third-order valence-electron chi connectivity index (χ3n) is 3.91. The molecular formula is C20H18N2O4. The quantitative estimate of drug-likeness (QED) is 0.708. The molecule has 6 heteroatoms. The molecule has 0 bridgehead atoms. The minimum atomic E-state index is -1.01. The number of nitrogens with one attached hydrogen (secondary N) is 2. The fraction of sp³-hybridized carbons (Fsp3) is 0.150. The van der Waals surface area contributed by atoms with Crippen LogP contribution < -0.4 is 10.9 Å². The Morgan fingerprint density at radius 3 is 2.62 bits per heavy atom. The highest BCUT2D eigenvalue weighted by atomic mass is 16.5. The fourth-order valence-corrected chi connectivity index (χ4v) is 2.62. The van der Waals surface area contributed by atoms with E-state index in [1.54, 1.807) is 30.3 Å². The van der Waals surface area contributed by atoms with Crippen LogP contribution in [0.15, 0.2) is 59.4 Å². The second-order valence-corrected chi connectivity index (χ2v) is 6.00. The molecule has 3 aromatic rings. The SMILES string of the molecule is Cc1cccc(NC(=O)C(C)OC(=O)c2cc(=O)[nH]c3ccccc23)c1. The van der Waals surface area contributed by atoms with Gasteiger partial charge in [0.2, 0.25) is 5.56 Å². The van der Waals surface area contributed by atoms with Gasteiger partial charge in [0.1, 0.15) is 0 Å². The average Bonchev–Trinajstić information content (AvgIpc) is 2.60. The van der Waals surface area contributed by atoms with E-state index in [0.29, 0.717) is 16.6 Å². The van der Waals surface area contributed by atoms with Crippen LogP contribution in [-0.4, -0.2) is 23.0 Å². The molecule has 132 valence electrons. The Balaban J connectivity index is 1.77. The topological polar surface area (TPSA) is 88.3 Å². The van der Waals surface area contributed by atoms with Crippen molar-refractivity contribution >= 4 is 28.5 Å². The third-order valence-corrected chi connectivity index (χ3v) is 3.91. The summed E-state index contributed by atoms with van der Waals surface area (Å²) in [5, 5.41) is 3.26. The molecule has 1 atom stereocenters. The first-order chi connectivity index (χ1) is 12.4. The number of anilines is 1. The number of benzene rings is 2. The second-order valence-electron chi connectivity index (χ2n) is 6.00. The number of carbonyl (C=O) groups is 2. The number of esters is 1. The van der Waals surface area contributed by atoms with Crippen LogP contribution in [0.3, 0.4) is 0 Å². The molecule has 26 heavy (non-hydrogen) atoms. The molecule has 0 aliphatic rings. The first kappa shape index (κ1) is 17.4. The second kappa shape index (κ2) is 7.23. The summed E-state index contributed by atoms with van der Waals surface area (Å²) in [5.41, 5.74) is 1.87. The Morgan fingerprint density at radius 1 is 1.08 bits per heavy atom. The van der Waals surface area contributed by atoms with Crippen LogP contribution in [0.4, 0.5) is 5.69 Å². The normalized spacial score (nSPS) is 11.8. The Bertz CT molecular complexity index is 1040. The number of aromatic amines is 1. The van der Waals surface area contributed by atoms with E-state index in [1.165, 1.54) is 13.0 Å². The molecular weight excluding hydrogens is 332 g/mol. The molecule has 0 spiro atoms. The van der Waals surface area contributed by atoms with E-state index in [2.05, 4.69) is 10.3 Å². The number of aromatic nitrogens is 1. The number of amides is 1. The maximum absolute atomic E-state index is 12.5. The number of H-pyrrole nitrogens is 1. The first-order valence-corrected chi connectivity index (χ1v) is 8.14. The van der Waals surface area contributed by atoms with Gasteiger partial charge in [-0.1, -0.05) is 30.3 Å². The zero-order valence-corrected chi connectivity index (χ0v) is 14.4. The molecule has 3 rings (SSSR count). The monoisotopic (exact) mass is 350 g/mol. The first-order valence-electron chi connectivity index (χ1n) is 8.14. The minimum absolute atomic E-state index is 0.125. The molecule has 6 nitrogen and oxygen atoms in total. The molecule has 0 saturated carbocycles. The van der Waals surface area contributed by atoms with Crippen LogP contribution in [-0.2, 0) is 9.53 Å². The summed E-state index contributed by atoms with van der Waals surface area (Å²) in [7, 11) is 0. The number of rotatable bonds is 4. The summed E-state index contributed by atoms with van der Waals surface area (Å²) in [4.78, 5) is 39.2. The summed E-state index contributed by atoms with van der Waals surface area (Å²) in [6.45, 7) is 3.40. The predicted octanol–water partition coefficient (Wildman–Crippen LogP) is 3.02. The molecule has 2 N–H and O–H groups in total. The average molecular weight is 350 g/mol. The van der Waals surface area contributed by atoms with Crippen molar-refractivity contribution in [1.82, 2.24) is 4.98 Å². The highest BCUT2D eigenvalue weighted by molar-refractivity contribution is 6.04. The molecule has 0 saturated heterocycles. The number of hydrogen-bond acceptors (Lipinski definition) is 4. The van der Waals surface area contributed by atoms with E-state index >= 15 is 0 Å². The number of ether oxygens (including phenoxy) is 1. The van der Waals surface area contributed by atoms with Gasteiger partial charge in [0.15, 0.2) is 6.10 Å². The summed E-state index contributed by atoms with van der Waals surface area (Å²) >= 11 is 0. The molecule has 0 radical (unpaired) electrons. The van der Waals surface area contributed by atoms with E-state index in [4.69, 9.17) is 4.74 Å². The van der Waals surface area contributed by atoms with Gasteiger partial charge in [-0.3, -0.25) is 9.59 Å². The zero-order valence-electron chi connectivity index (χ0n) is 14.4. The van der Waals surface area contributed by atoms with Crippen molar-refractivity contribution in [3.63, 3.8) is 0 Å². The molecule has 0 fully saturated rings. The maximum Gasteiger partial charge on any atom is 0.339 e. The lowest BCUT2D eigenvalue weighted by Crippen LogP contribution is -2.30. The van der Waals surface area contributed by atoms with E-state index in [9.17, 15) is 14.4 Å². The number of carbonyl (C=O) groups excluding carboxylic acids is 2. The number of fused-ring (bicyclic) bond motifs is 1. The Kier molecular flexibility index (Phi) is 4.84. The van der Waals surface area contributed by atoms with Crippen molar-refractivity contribution in [2.45, 2.75) is 20.0 Å². The predicted molar refractivity (Wildman–Crippen MR) is 99.3 cm³/mol. The minimum Gasteiger partial charge on any atom is -0.449 e. The van der Waals surface area contributed by atoms with Crippen LogP contribution in [0, 0.1) is 6.92 Å². The maximum atomic E-state index is 12.5. The number of aryl methyl sites for hydroxylation is 1. The van der Waals surface area contributed by atoms with Crippen LogP contribution in [0.25, 0.3) is 10.9 Å². The Labute approximate surface area is 149 Å². The summed E-state index contributed by atoms with van der Waals surface area (Å²) in [6.07, 6.45) is -1.01. The molecule has 1 aromatic heterocycles. The van der Waals surface area contributed by atoms with Crippen molar-refractivity contribution in [3.05, 3.63) is 76.1 Å². The van der Waals surface area contributed by atoms with Crippen molar-refractivity contribution in [3.8, 4) is 0 Å². The van der Waals surface area contributed by atoms with Crippen molar-refractivity contribution < 1.29 is 14.3 Å². The standard InChI is InChI=1S/C20H18N2O4/c1-12-6-5-7-14(10-12)21-19(24)13(2)26-20(25)16-11-18(23)22-17-9-4-3-8-15(16)17/h3-11,13H,1-2H3,(H,21,24)(H,22,23). The van der Waals surface area contributed by atoms with E-state index < -0.39 is 23.5 Å². The van der Waals surface area contributed by atoms with Crippen LogP contribution in [0.1, 0.15) is 22.8 Å². The summed E-state index contributed by atoms with van der Waals surface area (Å²) < 4.78 is 5.26. The number of para-hydroxylation sites is 1. The molecule has 1 amide bonds. The van der Waals surface area contributed by atoms with Crippen molar-refractivity contribution in [2.75, 3.05) is 5.32 Å². The number of pyridine rings is 1. The van der Waals surface area contributed by atoms with Crippen LogP contribution >= 0.6 is 0 Å². The molecule has 0 aliphatic carbocycles. The highest BCUT2D eigenvalue weighted by Gasteiger charge is 2.21. The lowest BCUT2D eigenvalue weighted by Gasteiger charge is -2.14. The van der Waals surface area contributed by atoms with Gasteiger partial charge in [0, 0.05) is 22.7 Å². The van der Waals surface area contributed by atoms with Gasteiger partial charge < -0.3 is 15.0 Å². The van der Waals surface area contributed by atoms with E-state index in [0.717, 1.165) is 5.56 Å². The Hall–Kier alpha value is -3.41. The van der Waals surface area contributed by atoms with Gasteiger partial charge in [-0.15, -0.1) is 0 Å². The van der Waals surface area contributed by atoms with E-state index in [-0.39, 0.29) is 5.56 Å². The smallest absolute Gasteiger partial charge is 0.339 e. The van der Waals surface area contributed by atoms with Gasteiger partial charge in [0.25, 0.3) is 5.91 Å². The van der Waals surface area contributed by atoms with E-state index in [1.807, 2.05) is 25.1 Å². The van der Waals surface area contributed by atoms with Gasteiger partial charge in [-0.2, -0.15) is 0 Å². The number of hydrogen-bond donors (Lipinski definition) is 2. The molecule has 0 aliphatic heterocycles. The summed E-state index contributed by atoms with van der Waals surface area (Å²) in [5.74, 6) is -1.17. The largest absolute Gasteiger partial charge is 0.449 e.